The summed E-state index contributed by atoms with van der Waals surface area (Å²) in [5.74, 6) is -0.463. The third-order valence-corrected chi connectivity index (χ3v) is 8.92. The third-order valence-electron chi connectivity index (χ3n) is 5.43. The Morgan fingerprint density at radius 2 is 1.38 bits per heavy atom. The number of esters is 1. The molecule has 0 radical (unpaired) electrons. The van der Waals surface area contributed by atoms with Gasteiger partial charge < -0.3 is 9.30 Å². The van der Waals surface area contributed by atoms with Crippen LogP contribution < -0.4 is 10.6 Å². The fourth-order valence-corrected chi connectivity index (χ4v) is 6.89. The number of nitrogens with zero attached hydrogens (tertiary/aromatic N) is 1. The summed E-state index contributed by atoms with van der Waals surface area (Å²) in [6, 6.07) is 20.8. The Labute approximate surface area is 187 Å². The summed E-state index contributed by atoms with van der Waals surface area (Å²) in [5.41, 5.74) is 1.85. The zero-order valence-corrected chi connectivity index (χ0v) is 19.2. The number of aryl methyl sites for hydroxylation is 2. The summed E-state index contributed by atoms with van der Waals surface area (Å²) in [7, 11) is -3.38. The van der Waals surface area contributed by atoms with Gasteiger partial charge in [0.25, 0.3) is 5.69 Å². The van der Waals surface area contributed by atoms with Crippen LogP contribution >= 0.6 is 7.14 Å². The maximum absolute atomic E-state index is 15.0. The maximum Gasteiger partial charge on any atom is 0.306 e. The van der Waals surface area contributed by atoms with E-state index in [0.29, 0.717) is 16.2 Å². The van der Waals surface area contributed by atoms with Gasteiger partial charge in [-0.05, 0) is 26.3 Å². The number of ether oxygens (including phenoxy) is 1. The predicted octanol–water partition coefficient (Wildman–Crippen LogP) is 5.22. The molecule has 3 aromatic rings. The monoisotopic (exact) mass is 451 g/mol. The lowest BCUT2D eigenvalue weighted by atomic mass is 10.1. The molecular weight excluding hydrogens is 425 g/mol. The maximum atomic E-state index is 15.0. The Kier molecular flexibility index (Phi) is 7.26. The van der Waals surface area contributed by atoms with Gasteiger partial charge in [0.1, 0.15) is 0 Å². The molecule has 0 fully saturated rings. The predicted molar refractivity (Wildman–Crippen MR) is 126 cm³/mol. The number of hydrogen-bond donors (Lipinski definition) is 0. The highest BCUT2D eigenvalue weighted by atomic mass is 31.2. The number of nitro groups is 1. The number of non-ortho nitro benzene ring substituents is 1. The minimum atomic E-state index is -3.38. The first kappa shape index (κ1) is 23.4. The van der Waals surface area contributed by atoms with Crippen LogP contribution in [-0.2, 0) is 14.1 Å². The van der Waals surface area contributed by atoms with Gasteiger partial charge in [-0.25, -0.2) is 0 Å². The number of carbonyl (C=O) groups excluding carboxylic acids is 1. The topological polar surface area (TPSA) is 86.5 Å². The zero-order chi connectivity index (χ0) is 23.3. The van der Waals surface area contributed by atoms with Crippen molar-refractivity contribution in [2.45, 2.75) is 32.9 Å². The lowest BCUT2D eigenvalue weighted by Gasteiger charge is -2.29. The van der Waals surface area contributed by atoms with Crippen LogP contribution in [-0.4, -0.2) is 17.5 Å². The van der Waals surface area contributed by atoms with E-state index < -0.39 is 23.7 Å². The molecule has 3 rings (SSSR count). The third kappa shape index (κ3) is 4.97. The summed E-state index contributed by atoms with van der Waals surface area (Å²) in [6.07, 6.45) is -0.106. The smallest absolute Gasteiger partial charge is 0.306 e. The number of benzene rings is 3. The summed E-state index contributed by atoms with van der Waals surface area (Å²) < 4.78 is 20.1. The minimum absolute atomic E-state index is 0.0656. The summed E-state index contributed by atoms with van der Waals surface area (Å²) in [6.45, 7) is 5.84. The first-order chi connectivity index (χ1) is 15.3. The van der Waals surface area contributed by atoms with Crippen LogP contribution in [0.2, 0.25) is 0 Å². The summed E-state index contributed by atoms with van der Waals surface area (Å²) >= 11 is 0. The number of carbonyl (C=O) groups is 1. The number of hydrogen-bond acceptors (Lipinski definition) is 5. The molecule has 0 N–H and O–H groups in total. The molecule has 0 saturated heterocycles. The first-order valence-corrected chi connectivity index (χ1v) is 12.2. The fourth-order valence-electron chi connectivity index (χ4n) is 3.69. The molecule has 1 unspecified atom stereocenters. The average molecular weight is 451 g/mol. The molecule has 0 bridgehead atoms. The molecular formula is C25H26NO5P. The van der Waals surface area contributed by atoms with Crippen molar-refractivity contribution in [2.75, 3.05) is 6.61 Å². The minimum Gasteiger partial charge on any atom is -0.466 e. The lowest BCUT2D eigenvalue weighted by molar-refractivity contribution is -0.384. The van der Waals surface area contributed by atoms with E-state index >= 15 is 0 Å². The summed E-state index contributed by atoms with van der Waals surface area (Å²) in [4.78, 5) is 23.2. The normalized spacial score (nSPS) is 12.2. The fraction of sp³-hybridized carbons (Fsp3) is 0.240. The Balaban J connectivity index is 2.23. The second-order valence-electron chi connectivity index (χ2n) is 7.70. The van der Waals surface area contributed by atoms with Gasteiger partial charge in [-0.2, -0.15) is 0 Å². The number of rotatable bonds is 8. The lowest BCUT2D eigenvalue weighted by Crippen LogP contribution is -2.24. The van der Waals surface area contributed by atoms with E-state index in [1.807, 2.05) is 62.4 Å². The van der Waals surface area contributed by atoms with E-state index in [1.165, 1.54) is 12.1 Å². The van der Waals surface area contributed by atoms with E-state index in [2.05, 4.69) is 0 Å². The molecule has 32 heavy (non-hydrogen) atoms. The second-order valence-corrected chi connectivity index (χ2v) is 10.7. The van der Waals surface area contributed by atoms with E-state index in [9.17, 15) is 19.5 Å². The molecule has 0 spiro atoms. The molecule has 166 valence electrons. The van der Waals surface area contributed by atoms with Crippen molar-refractivity contribution in [3.8, 4) is 0 Å². The van der Waals surface area contributed by atoms with Crippen molar-refractivity contribution in [1.82, 2.24) is 0 Å². The van der Waals surface area contributed by atoms with Crippen LogP contribution in [0.3, 0.4) is 0 Å². The molecule has 7 heteroatoms. The quantitative estimate of drug-likeness (QED) is 0.203. The van der Waals surface area contributed by atoms with E-state index in [4.69, 9.17) is 4.74 Å². The Bertz CT molecular complexity index is 1090. The van der Waals surface area contributed by atoms with Gasteiger partial charge in [0.05, 0.1) is 23.6 Å². The van der Waals surface area contributed by atoms with Gasteiger partial charge in [0.2, 0.25) is 0 Å². The van der Waals surface area contributed by atoms with Crippen LogP contribution in [0.25, 0.3) is 0 Å². The van der Waals surface area contributed by atoms with Crippen molar-refractivity contribution in [3.05, 3.63) is 99.6 Å². The van der Waals surface area contributed by atoms with E-state index in [-0.39, 0.29) is 18.7 Å². The largest absolute Gasteiger partial charge is 0.466 e. The van der Waals surface area contributed by atoms with Crippen LogP contribution in [0.5, 0.6) is 0 Å². The van der Waals surface area contributed by atoms with Crippen molar-refractivity contribution in [3.63, 3.8) is 0 Å². The molecule has 0 heterocycles. The van der Waals surface area contributed by atoms with Gasteiger partial charge >= 0.3 is 5.97 Å². The molecule has 0 aliphatic heterocycles. The average Bonchev–Trinajstić information content (AvgIpc) is 2.78. The Morgan fingerprint density at radius 3 is 1.78 bits per heavy atom. The first-order valence-electron chi connectivity index (χ1n) is 10.4. The highest BCUT2D eigenvalue weighted by Crippen LogP contribution is 2.59. The second kappa shape index (κ2) is 9.92. The molecule has 0 aliphatic carbocycles. The molecule has 1 atom stereocenters. The standard InChI is InChI=1S/C25H26NO5P/c1-4-31-25(27)17-24(20-9-11-21(12-10-20)26(28)29)32(30,22-13-5-18(2)6-14-22)23-15-7-19(3)8-16-23/h5-16,24H,4,17H2,1-3H3. The molecule has 0 aliphatic rings. The molecule has 0 aromatic heterocycles. The van der Waals surface area contributed by atoms with Crippen molar-refractivity contribution in [1.29, 1.82) is 0 Å². The van der Waals surface area contributed by atoms with Gasteiger partial charge in [-0.3, -0.25) is 14.9 Å². The zero-order valence-electron chi connectivity index (χ0n) is 18.4. The molecule has 0 saturated carbocycles. The van der Waals surface area contributed by atoms with Crippen LogP contribution in [0.4, 0.5) is 5.69 Å². The molecule has 0 amide bonds. The molecule has 6 nitrogen and oxygen atoms in total. The highest BCUT2D eigenvalue weighted by Gasteiger charge is 2.39. The molecule has 3 aromatic carbocycles. The van der Waals surface area contributed by atoms with Gasteiger partial charge in [-0.15, -0.1) is 0 Å². The van der Waals surface area contributed by atoms with Crippen LogP contribution in [0.1, 0.15) is 35.7 Å². The van der Waals surface area contributed by atoms with Crippen molar-refractivity contribution in [2.24, 2.45) is 0 Å². The van der Waals surface area contributed by atoms with Crippen LogP contribution in [0.15, 0.2) is 72.8 Å². The Hall–Kier alpha value is -3.24. The Morgan fingerprint density at radius 1 is 0.906 bits per heavy atom. The van der Waals surface area contributed by atoms with Crippen molar-refractivity contribution >= 4 is 29.4 Å². The number of nitro benzene ring substituents is 1. The summed E-state index contributed by atoms with van der Waals surface area (Å²) in [5, 5.41) is 12.4. The van der Waals surface area contributed by atoms with Gasteiger partial charge in [-0.1, -0.05) is 71.8 Å². The van der Waals surface area contributed by atoms with Crippen LogP contribution in [0, 0.1) is 24.0 Å². The highest BCUT2D eigenvalue weighted by molar-refractivity contribution is 7.79. The van der Waals surface area contributed by atoms with Gasteiger partial charge in [0, 0.05) is 22.7 Å². The van der Waals surface area contributed by atoms with Crippen molar-refractivity contribution < 1.29 is 19.0 Å². The van der Waals surface area contributed by atoms with E-state index in [1.54, 1.807) is 19.1 Å². The SMILES string of the molecule is CCOC(=O)CC(c1ccc([N+](=O)[O-])cc1)P(=O)(c1ccc(C)cc1)c1ccc(C)cc1. The van der Waals surface area contributed by atoms with Gasteiger partial charge in [0.15, 0.2) is 7.14 Å². The van der Waals surface area contributed by atoms with E-state index in [0.717, 1.165) is 11.1 Å².